The van der Waals surface area contributed by atoms with Crippen molar-refractivity contribution < 1.29 is 0 Å². The Kier molecular flexibility index (Phi) is 4.06. The second kappa shape index (κ2) is 5.58. The summed E-state index contributed by atoms with van der Waals surface area (Å²) in [6.45, 7) is 9.63. The van der Waals surface area contributed by atoms with Crippen molar-refractivity contribution in [3.05, 3.63) is 58.1 Å². The summed E-state index contributed by atoms with van der Waals surface area (Å²) in [5.41, 5.74) is 9.46. The molecular weight excluding hydrogens is 230 g/mol. The lowest BCUT2D eigenvalue weighted by Crippen LogP contribution is -2.07. The zero-order valence-electron chi connectivity index (χ0n) is 12.6. The maximum atomic E-state index is 3.26. The van der Waals surface area contributed by atoms with Gasteiger partial charge in [-0.3, -0.25) is 0 Å². The minimum absolute atomic E-state index is 0.905. The first-order valence-electron chi connectivity index (χ1n) is 6.85. The van der Waals surface area contributed by atoms with Crippen molar-refractivity contribution in [2.45, 2.75) is 34.2 Å². The molecule has 0 unspecified atom stereocenters. The molecule has 1 N–H and O–H groups in total. The van der Waals surface area contributed by atoms with Crippen LogP contribution < -0.4 is 5.32 Å². The first kappa shape index (κ1) is 13.8. The molecule has 0 aliphatic carbocycles. The Morgan fingerprint density at radius 1 is 0.789 bits per heavy atom. The van der Waals surface area contributed by atoms with Crippen LogP contribution in [0.25, 0.3) is 11.1 Å². The number of hydrogen-bond acceptors (Lipinski definition) is 1. The van der Waals surface area contributed by atoms with E-state index in [9.17, 15) is 0 Å². The van der Waals surface area contributed by atoms with Crippen molar-refractivity contribution in [1.82, 2.24) is 5.32 Å². The summed E-state index contributed by atoms with van der Waals surface area (Å²) in [5.74, 6) is 0. The van der Waals surface area contributed by atoms with E-state index in [1.54, 1.807) is 0 Å². The summed E-state index contributed by atoms with van der Waals surface area (Å²) in [4.78, 5) is 0. The SMILES string of the molecule is CNCc1ccc(C)cc1-c1cc(C)c(C)cc1C. The van der Waals surface area contributed by atoms with Gasteiger partial charge in [0.2, 0.25) is 0 Å². The van der Waals surface area contributed by atoms with E-state index in [1.165, 1.54) is 38.9 Å². The van der Waals surface area contributed by atoms with Crippen LogP contribution in [-0.4, -0.2) is 7.05 Å². The van der Waals surface area contributed by atoms with Gasteiger partial charge in [-0.15, -0.1) is 0 Å². The lowest BCUT2D eigenvalue weighted by atomic mass is 9.91. The van der Waals surface area contributed by atoms with E-state index in [1.807, 2.05) is 7.05 Å². The zero-order chi connectivity index (χ0) is 14.0. The van der Waals surface area contributed by atoms with E-state index in [0.29, 0.717) is 0 Å². The largest absolute Gasteiger partial charge is 0.316 e. The zero-order valence-corrected chi connectivity index (χ0v) is 12.6. The summed E-state index contributed by atoms with van der Waals surface area (Å²) < 4.78 is 0. The van der Waals surface area contributed by atoms with Crippen LogP contribution in [0.4, 0.5) is 0 Å². The quantitative estimate of drug-likeness (QED) is 0.859. The van der Waals surface area contributed by atoms with E-state index in [-0.39, 0.29) is 0 Å². The normalized spacial score (nSPS) is 10.8. The minimum atomic E-state index is 0.905. The van der Waals surface area contributed by atoms with Crippen molar-refractivity contribution in [2.75, 3.05) is 7.05 Å². The number of nitrogens with one attached hydrogen (secondary N) is 1. The Hall–Kier alpha value is -1.60. The van der Waals surface area contributed by atoms with Crippen molar-refractivity contribution in [3.63, 3.8) is 0 Å². The number of hydrogen-bond donors (Lipinski definition) is 1. The van der Waals surface area contributed by atoms with Crippen LogP contribution in [-0.2, 0) is 6.54 Å². The topological polar surface area (TPSA) is 12.0 Å². The molecular formula is C18H23N. The van der Waals surface area contributed by atoms with Crippen LogP contribution in [0.1, 0.15) is 27.8 Å². The summed E-state index contributed by atoms with van der Waals surface area (Å²) in [6.07, 6.45) is 0. The van der Waals surface area contributed by atoms with Gasteiger partial charge in [-0.25, -0.2) is 0 Å². The molecule has 0 aliphatic rings. The fourth-order valence-corrected chi connectivity index (χ4v) is 2.54. The van der Waals surface area contributed by atoms with Gasteiger partial charge in [0, 0.05) is 6.54 Å². The first-order valence-corrected chi connectivity index (χ1v) is 6.85. The molecule has 2 aromatic carbocycles. The molecule has 2 rings (SSSR count). The lowest BCUT2D eigenvalue weighted by molar-refractivity contribution is 0.819. The fraction of sp³-hybridized carbons (Fsp3) is 0.333. The highest BCUT2D eigenvalue weighted by Crippen LogP contribution is 2.30. The van der Waals surface area contributed by atoms with Gasteiger partial charge in [-0.2, -0.15) is 0 Å². The number of benzene rings is 2. The smallest absolute Gasteiger partial charge is 0.0208 e. The predicted octanol–water partition coefficient (Wildman–Crippen LogP) is 4.31. The highest BCUT2D eigenvalue weighted by atomic mass is 14.8. The Balaban J connectivity index is 2.63. The molecule has 0 aliphatic heterocycles. The van der Waals surface area contributed by atoms with Crippen LogP contribution in [0, 0.1) is 27.7 Å². The third-order valence-electron chi connectivity index (χ3n) is 3.76. The molecule has 0 saturated heterocycles. The van der Waals surface area contributed by atoms with E-state index in [0.717, 1.165) is 6.54 Å². The third-order valence-corrected chi connectivity index (χ3v) is 3.76. The van der Waals surface area contributed by atoms with Gasteiger partial charge in [-0.05, 0) is 68.1 Å². The second-order valence-corrected chi connectivity index (χ2v) is 5.44. The first-order chi connectivity index (χ1) is 9.02. The predicted molar refractivity (Wildman–Crippen MR) is 83.6 cm³/mol. The fourth-order valence-electron chi connectivity index (χ4n) is 2.54. The van der Waals surface area contributed by atoms with Gasteiger partial charge >= 0.3 is 0 Å². The lowest BCUT2D eigenvalue weighted by Gasteiger charge is -2.15. The van der Waals surface area contributed by atoms with E-state index in [2.05, 4.69) is 63.3 Å². The molecule has 0 atom stereocenters. The maximum Gasteiger partial charge on any atom is 0.0208 e. The third kappa shape index (κ3) is 2.87. The Labute approximate surface area is 116 Å². The molecule has 0 aromatic heterocycles. The Morgan fingerprint density at radius 3 is 2.16 bits per heavy atom. The Bertz CT molecular complexity index is 597. The van der Waals surface area contributed by atoms with Crippen LogP contribution in [0.2, 0.25) is 0 Å². The molecule has 2 aromatic rings. The van der Waals surface area contributed by atoms with Gasteiger partial charge in [-0.1, -0.05) is 35.9 Å². The van der Waals surface area contributed by atoms with Gasteiger partial charge in [0.05, 0.1) is 0 Å². The standard InChI is InChI=1S/C18H23N/c1-12-6-7-16(11-19-5)18(8-12)17-10-14(3)13(2)9-15(17)4/h6-10,19H,11H2,1-5H3. The van der Waals surface area contributed by atoms with E-state index in [4.69, 9.17) is 0 Å². The molecule has 0 radical (unpaired) electrons. The molecule has 1 nitrogen and oxygen atoms in total. The average molecular weight is 253 g/mol. The van der Waals surface area contributed by atoms with Gasteiger partial charge in [0.25, 0.3) is 0 Å². The van der Waals surface area contributed by atoms with Crippen LogP contribution in [0.5, 0.6) is 0 Å². The monoisotopic (exact) mass is 253 g/mol. The average Bonchev–Trinajstić information content (AvgIpc) is 2.36. The van der Waals surface area contributed by atoms with Crippen molar-refractivity contribution in [2.24, 2.45) is 0 Å². The molecule has 0 heterocycles. The number of aryl methyl sites for hydroxylation is 4. The van der Waals surface area contributed by atoms with Crippen molar-refractivity contribution >= 4 is 0 Å². The molecule has 0 amide bonds. The second-order valence-electron chi connectivity index (χ2n) is 5.44. The van der Waals surface area contributed by atoms with Gasteiger partial charge in [0.1, 0.15) is 0 Å². The summed E-state index contributed by atoms with van der Waals surface area (Å²) in [5, 5.41) is 3.26. The molecule has 0 spiro atoms. The van der Waals surface area contributed by atoms with Crippen LogP contribution in [0.15, 0.2) is 30.3 Å². The summed E-state index contributed by atoms with van der Waals surface area (Å²) in [7, 11) is 2.00. The van der Waals surface area contributed by atoms with Gasteiger partial charge in [0.15, 0.2) is 0 Å². The molecule has 1 heteroatoms. The Morgan fingerprint density at radius 2 is 1.47 bits per heavy atom. The molecule has 100 valence electrons. The summed E-state index contributed by atoms with van der Waals surface area (Å²) in [6, 6.07) is 11.3. The van der Waals surface area contributed by atoms with Crippen LogP contribution in [0.3, 0.4) is 0 Å². The highest BCUT2D eigenvalue weighted by molar-refractivity contribution is 5.72. The maximum absolute atomic E-state index is 3.26. The molecule has 0 saturated carbocycles. The van der Waals surface area contributed by atoms with E-state index < -0.39 is 0 Å². The molecule has 0 bridgehead atoms. The van der Waals surface area contributed by atoms with Crippen molar-refractivity contribution in [1.29, 1.82) is 0 Å². The number of rotatable bonds is 3. The molecule has 19 heavy (non-hydrogen) atoms. The van der Waals surface area contributed by atoms with Crippen LogP contribution >= 0.6 is 0 Å². The van der Waals surface area contributed by atoms with E-state index >= 15 is 0 Å². The highest BCUT2D eigenvalue weighted by Gasteiger charge is 2.09. The van der Waals surface area contributed by atoms with Crippen molar-refractivity contribution in [3.8, 4) is 11.1 Å². The minimum Gasteiger partial charge on any atom is -0.316 e. The molecule has 0 fully saturated rings. The van der Waals surface area contributed by atoms with Gasteiger partial charge < -0.3 is 5.32 Å². The summed E-state index contributed by atoms with van der Waals surface area (Å²) >= 11 is 0.